The van der Waals surface area contributed by atoms with Crippen molar-refractivity contribution in [1.29, 1.82) is 0 Å². The predicted molar refractivity (Wildman–Crippen MR) is 107 cm³/mol. The van der Waals surface area contributed by atoms with Crippen LogP contribution < -0.4 is 10.6 Å². The van der Waals surface area contributed by atoms with Crippen LogP contribution in [0, 0.1) is 9.49 Å². The maximum atomic E-state index is 12.1. The number of amides is 1. The second-order valence-electron chi connectivity index (χ2n) is 6.60. The minimum absolute atomic E-state index is 0.151. The van der Waals surface area contributed by atoms with Crippen molar-refractivity contribution < 1.29 is 4.79 Å². The van der Waals surface area contributed by atoms with E-state index >= 15 is 0 Å². The van der Waals surface area contributed by atoms with E-state index in [1.807, 2.05) is 0 Å². The Hall–Kier alpha value is -1.40. The zero-order chi connectivity index (χ0) is 16.9. The van der Waals surface area contributed by atoms with E-state index < -0.39 is 0 Å². The van der Waals surface area contributed by atoms with Crippen LogP contribution in [-0.2, 0) is 11.3 Å². The van der Waals surface area contributed by atoms with Gasteiger partial charge in [-0.05, 0) is 77.2 Å². The van der Waals surface area contributed by atoms with Crippen molar-refractivity contribution in [3.8, 4) is 11.1 Å². The van der Waals surface area contributed by atoms with Crippen LogP contribution in [0.5, 0.6) is 0 Å². The lowest BCUT2D eigenvalue weighted by molar-refractivity contribution is -0.122. The Labute approximate surface area is 157 Å². The molecule has 2 N–H and O–H groups in total. The molecule has 2 aromatic rings. The molecule has 126 valence electrons. The van der Waals surface area contributed by atoms with Gasteiger partial charge in [0.05, 0.1) is 0 Å². The first-order valence-corrected chi connectivity index (χ1v) is 9.53. The topological polar surface area (TPSA) is 41.1 Å². The molecule has 1 aliphatic rings. The molecular weight excluding hydrogens is 411 g/mol. The van der Waals surface area contributed by atoms with Crippen molar-refractivity contribution in [1.82, 2.24) is 10.6 Å². The van der Waals surface area contributed by atoms with Gasteiger partial charge in [0.2, 0.25) is 5.91 Å². The van der Waals surface area contributed by atoms with Crippen LogP contribution in [0.2, 0.25) is 0 Å². The summed E-state index contributed by atoms with van der Waals surface area (Å²) in [5.74, 6) is 0.625. The fourth-order valence-electron chi connectivity index (χ4n) is 3.21. The summed E-state index contributed by atoms with van der Waals surface area (Å²) in [5, 5.41) is 6.43. The third-order valence-electron chi connectivity index (χ3n) is 4.52. The van der Waals surface area contributed by atoms with Crippen molar-refractivity contribution >= 4 is 28.5 Å². The van der Waals surface area contributed by atoms with E-state index in [1.165, 1.54) is 14.7 Å². The lowest BCUT2D eigenvalue weighted by Gasteiger charge is -2.10. The number of rotatable bonds is 5. The minimum Gasteiger partial charge on any atom is -0.352 e. The quantitative estimate of drug-likeness (QED) is 0.700. The first kappa shape index (κ1) is 17.4. The van der Waals surface area contributed by atoms with Crippen molar-refractivity contribution in [3.05, 3.63) is 57.7 Å². The highest BCUT2D eigenvalue weighted by atomic mass is 127. The number of carbonyl (C=O) groups is 1. The van der Waals surface area contributed by atoms with Gasteiger partial charge in [0.25, 0.3) is 0 Å². The van der Waals surface area contributed by atoms with Crippen LogP contribution in [-0.4, -0.2) is 18.5 Å². The lowest BCUT2D eigenvalue weighted by atomic mass is 10.0. The number of carbonyl (C=O) groups excluding carboxylic acids is 1. The van der Waals surface area contributed by atoms with Crippen LogP contribution >= 0.6 is 22.6 Å². The molecule has 0 aromatic heterocycles. The molecule has 2 aromatic carbocycles. The summed E-state index contributed by atoms with van der Waals surface area (Å²) in [6.45, 7) is 3.73. The fourth-order valence-corrected chi connectivity index (χ4v) is 3.75. The van der Waals surface area contributed by atoms with Gasteiger partial charge in [0.1, 0.15) is 0 Å². The molecule has 1 saturated heterocycles. The number of halogens is 1. The largest absolute Gasteiger partial charge is 0.352 e. The molecule has 0 radical (unpaired) electrons. The maximum absolute atomic E-state index is 12.1. The number of nitrogens with one attached hydrogen (secondary N) is 2. The molecule has 0 aliphatic carbocycles. The van der Waals surface area contributed by atoms with Crippen molar-refractivity contribution in [3.63, 3.8) is 0 Å². The van der Waals surface area contributed by atoms with Crippen LogP contribution in [0.3, 0.4) is 0 Å². The molecule has 0 spiro atoms. The SMILES string of the molecule is CC1C[C@@H](CC(=O)NCc2ccc(-c3cccc(I)c3)cc2)CN1. The molecule has 1 unspecified atom stereocenters. The molecule has 0 bridgehead atoms. The molecule has 1 aliphatic heterocycles. The third-order valence-corrected chi connectivity index (χ3v) is 5.19. The third kappa shape index (κ3) is 4.80. The van der Waals surface area contributed by atoms with Gasteiger partial charge in [-0.2, -0.15) is 0 Å². The standard InChI is InChI=1S/C20H23IN2O/c1-14-9-16(13-22-14)10-20(24)23-12-15-5-7-17(8-6-15)18-3-2-4-19(21)11-18/h2-8,11,14,16,22H,9-10,12-13H2,1H3,(H,23,24)/t14?,16-/m0/s1. The van der Waals surface area contributed by atoms with Crippen molar-refractivity contribution in [2.24, 2.45) is 5.92 Å². The second-order valence-corrected chi connectivity index (χ2v) is 7.84. The maximum Gasteiger partial charge on any atom is 0.220 e. The summed E-state index contributed by atoms with van der Waals surface area (Å²) >= 11 is 2.33. The van der Waals surface area contributed by atoms with Crippen LogP contribution in [0.25, 0.3) is 11.1 Å². The Bertz CT molecular complexity index is 699. The van der Waals surface area contributed by atoms with E-state index in [1.54, 1.807) is 0 Å². The van der Waals surface area contributed by atoms with E-state index in [2.05, 4.69) is 88.7 Å². The molecule has 1 fully saturated rings. The van der Waals surface area contributed by atoms with E-state index in [0.717, 1.165) is 18.5 Å². The van der Waals surface area contributed by atoms with Gasteiger partial charge in [-0.25, -0.2) is 0 Å². The fraction of sp³-hybridized carbons (Fsp3) is 0.350. The molecule has 1 amide bonds. The summed E-state index contributed by atoms with van der Waals surface area (Å²) in [4.78, 5) is 12.1. The number of benzene rings is 2. The zero-order valence-electron chi connectivity index (χ0n) is 13.9. The van der Waals surface area contributed by atoms with E-state index in [9.17, 15) is 4.79 Å². The average Bonchev–Trinajstić information content (AvgIpc) is 2.98. The Balaban J connectivity index is 1.52. The van der Waals surface area contributed by atoms with Crippen LogP contribution in [0.1, 0.15) is 25.3 Å². The molecular formula is C20H23IN2O. The van der Waals surface area contributed by atoms with Gasteiger partial charge in [-0.15, -0.1) is 0 Å². The predicted octanol–water partition coefficient (Wildman–Crippen LogP) is 3.96. The Morgan fingerprint density at radius 3 is 2.67 bits per heavy atom. The molecule has 2 atom stereocenters. The summed E-state index contributed by atoms with van der Waals surface area (Å²) < 4.78 is 1.23. The highest BCUT2D eigenvalue weighted by Crippen LogP contribution is 2.22. The van der Waals surface area contributed by atoms with E-state index in [0.29, 0.717) is 24.9 Å². The smallest absolute Gasteiger partial charge is 0.220 e. The Morgan fingerprint density at radius 2 is 2.00 bits per heavy atom. The number of hydrogen-bond acceptors (Lipinski definition) is 2. The summed E-state index contributed by atoms with van der Waals surface area (Å²) in [6, 6.07) is 17.4. The van der Waals surface area contributed by atoms with Gasteiger partial charge < -0.3 is 10.6 Å². The van der Waals surface area contributed by atoms with Gasteiger partial charge in [-0.3, -0.25) is 4.79 Å². The normalized spacial score (nSPS) is 20.1. The summed E-state index contributed by atoms with van der Waals surface area (Å²) in [6.07, 6.45) is 1.72. The Kier molecular flexibility index (Phi) is 5.89. The highest BCUT2D eigenvalue weighted by Gasteiger charge is 2.22. The average molecular weight is 434 g/mol. The van der Waals surface area contributed by atoms with E-state index in [-0.39, 0.29) is 5.91 Å². The van der Waals surface area contributed by atoms with Crippen LogP contribution in [0.4, 0.5) is 0 Å². The van der Waals surface area contributed by atoms with Crippen molar-refractivity contribution in [2.45, 2.75) is 32.4 Å². The molecule has 4 heteroatoms. The van der Waals surface area contributed by atoms with Gasteiger partial charge in [0, 0.05) is 22.6 Å². The summed E-state index contributed by atoms with van der Waals surface area (Å²) in [5.41, 5.74) is 3.56. The molecule has 1 heterocycles. The Morgan fingerprint density at radius 1 is 1.21 bits per heavy atom. The van der Waals surface area contributed by atoms with E-state index in [4.69, 9.17) is 0 Å². The van der Waals surface area contributed by atoms with Crippen LogP contribution in [0.15, 0.2) is 48.5 Å². The lowest BCUT2D eigenvalue weighted by Crippen LogP contribution is -2.25. The highest BCUT2D eigenvalue weighted by molar-refractivity contribution is 14.1. The molecule has 3 nitrogen and oxygen atoms in total. The number of hydrogen-bond donors (Lipinski definition) is 2. The molecule has 24 heavy (non-hydrogen) atoms. The zero-order valence-corrected chi connectivity index (χ0v) is 16.0. The van der Waals surface area contributed by atoms with Crippen molar-refractivity contribution in [2.75, 3.05) is 6.54 Å². The van der Waals surface area contributed by atoms with Gasteiger partial charge in [0.15, 0.2) is 0 Å². The molecule has 0 saturated carbocycles. The monoisotopic (exact) mass is 434 g/mol. The summed E-state index contributed by atoms with van der Waals surface area (Å²) in [7, 11) is 0. The first-order valence-electron chi connectivity index (χ1n) is 8.45. The van der Waals surface area contributed by atoms with Gasteiger partial charge >= 0.3 is 0 Å². The van der Waals surface area contributed by atoms with Gasteiger partial charge in [-0.1, -0.05) is 36.4 Å². The molecule has 3 rings (SSSR count). The minimum atomic E-state index is 0.151. The first-order chi connectivity index (χ1) is 11.6. The second kappa shape index (κ2) is 8.12.